The summed E-state index contributed by atoms with van der Waals surface area (Å²) in [6.07, 6.45) is 1.59. The number of benzene rings is 1. The lowest BCUT2D eigenvalue weighted by molar-refractivity contribution is -0.384. The fourth-order valence-corrected chi connectivity index (χ4v) is 3.57. The summed E-state index contributed by atoms with van der Waals surface area (Å²) in [6.45, 7) is 4.84. The molecule has 126 valence electrons. The zero-order valence-corrected chi connectivity index (χ0v) is 13.5. The smallest absolute Gasteiger partial charge is 0.270 e. The molecule has 1 aromatic heterocycles. The van der Waals surface area contributed by atoms with Crippen molar-refractivity contribution >= 4 is 22.3 Å². The number of anilines is 1. The van der Waals surface area contributed by atoms with E-state index >= 15 is 0 Å². The molecule has 2 saturated heterocycles. The SMILES string of the molecule is Cc1cc(N2CCC3(CC2)OCCO3)c2cc([N+](=O)[O-])ccc2n1. The van der Waals surface area contributed by atoms with Crippen molar-refractivity contribution in [3.8, 4) is 0 Å². The van der Waals surface area contributed by atoms with E-state index in [0.717, 1.165) is 48.2 Å². The Balaban J connectivity index is 1.70. The van der Waals surface area contributed by atoms with Crippen LogP contribution in [0.25, 0.3) is 10.9 Å². The predicted octanol–water partition coefficient (Wildman–Crippen LogP) is 2.79. The van der Waals surface area contributed by atoms with Crippen molar-refractivity contribution in [2.24, 2.45) is 0 Å². The van der Waals surface area contributed by atoms with Gasteiger partial charge in [-0.3, -0.25) is 15.1 Å². The summed E-state index contributed by atoms with van der Waals surface area (Å²) in [5.74, 6) is -0.430. The molecule has 1 spiro atoms. The third-order valence-electron chi connectivity index (χ3n) is 4.79. The van der Waals surface area contributed by atoms with Crippen LogP contribution in [0, 0.1) is 17.0 Å². The molecule has 2 fully saturated rings. The van der Waals surface area contributed by atoms with E-state index in [4.69, 9.17) is 9.47 Å². The highest BCUT2D eigenvalue weighted by Gasteiger charge is 2.40. The topological polar surface area (TPSA) is 77.7 Å². The van der Waals surface area contributed by atoms with E-state index in [1.807, 2.05) is 13.0 Å². The molecule has 0 aliphatic carbocycles. The summed E-state index contributed by atoms with van der Waals surface area (Å²) in [5, 5.41) is 11.9. The molecular formula is C17H19N3O4. The van der Waals surface area contributed by atoms with Crippen LogP contribution in [0.15, 0.2) is 24.3 Å². The summed E-state index contributed by atoms with van der Waals surface area (Å²) in [5.41, 5.74) is 2.77. The molecule has 4 rings (SSSR count). The van der Waals surface area contributed by atoms with Crippen LogP contribution in [0.4, 0.5) is 11.4 Å². The Bertz CT molecular complexity index is 792. The number of pyridine rings is 1. The van der Waals surface area contributed by atoms with Gasteiger partial charge in [0.1, 0.15) is 0 Å². The predicted molar refractivity (Wildman–Crippen MR) is 89.2 cm³/mol. The fraction of sp³-hybridized carbons (Fsp3) is 0.471. The Morgan fingerprint density at radius 1 is 1.21 bits per heavy atom. The second-order valence-electron chi connectivity index (χ2n) is 6.34. The normalized spacial score (nSPS) is 20.0. The molecule has 2 aromatic rings. The van der Waals surface area contributed by atoms with E-state index in [9.17, 15) is 10.1 Å². The van der Waals surface area contributed by atoms with Crippen LogP contribution < -0.4 is 4.90 Å². The lowest BCUT2D eigenvalue weighted by Crippen LogP contribution is -2.45. The number of rotatable bonds is 2. The molecule has 7 nitrogen and oxygen atoms in total. The van der Waals surface area contributed by atoms with Gasteiger partial charge in [0.2, 0.25) is 0 Å². The summed E-state index contributed by atoms with van der Waals surface area (Å²) >= 11 is 0. The molecule has 0 N–H and O–H groups in total. The highest BCUT2D eigenvalue weighted by atomic mass is 16.7. The van der Waals surface area contributed by atoms with E-state index in [2.05, 4.69) is 9.88 Å². The van der Waals surface area contributed by atoms with Gasteiger partial charge in [0.25, 0.3) is 5.69 Å². The molecule has 0 saturated carbocycles. The van der Waals surface area contributed by atoms with Crippen LogP contribution in [-0.4, -0.2) is 42.0 Å². The van der Waals surface area contributed by atoms with Crippen molar-refractivity contribution in [1.82, 2.24) is 4.98 Å². The number of hydrogen-bond donors (Lipinski definition) is 0. The maximum atomic E-state index is 11.1. The number of nitrogens with zero attached hydrogens (tertiary/aromatic N) is 3. The largest absolute Gasteiger partial charge is 0.371 e. The number of aryl methyl sites for hydroxylation is 1. The molecule has 1 aromatic carbocycles. The van der Waals surface area contributed by atoms with Crippen LogP contribution >= 0.6 is 0 Å². The lowest BCUT2D eigenvalue weighted by atomic mass is 10.0. The number of non-ortho nitro benzene ring substituents is 1. The van der Waals surface area contributed by atoms with Crippen LogP contribution in [-0.2, 0) is 9.47 Å². The quantitative estimate of drug-likeness (QED) is 0.623. The van der Waals surface area contributed by atoms with Gasteiger partial charge in [-0.2, -0.15) is 0 Å². The van der Waals surface area contributed by atoms with Crippen LogP contribution in [0.1, 0.15) is 18.5 Å². The van der Waals surface area contributed by atoms with Crippen molar-refractivity contribution < 1.29 is 14.4 Å². The molecule has 0 amide bonds. The number of piperidine rings is 1. The summed E-state index contributed by atoms with van der Waals surface area (Å²) in [4.78, 5) is 17.5. The summed E-state index contributed by atoms with van der Waals surface area (Å²) in [6, 6.07) is 6.84. The standard InChI is InChI=1S/C17H19N3O4/c1-12-10-16(14-11-13(20(21)22)2-3-15(14)18-12)19-6-4-17(5-7-19)23-8-9-24-17/h2-3,10-11H,4-9H2,1H3. The van der Waals surface area contributed by atoms with Gasteiger partial charge in [0.15, 0.2) is 5.79 Å². The maximum absolute atomic E-state index is 11.1. The minimum Gasteiger partial charge on any atom is -0.371 e. The van der Waals surface area contributed by atoms with Gasteiger partial charge in [0, 0.05) is 54.8 Å². The Hall–Kier alpha value is -2.25. The fourth-order valence-electron chi connectivity index (χ4n) is 3.57. The number of aromatic nitrogens is 1. The van der Waals surface area contributed by atoms with Crippen molar-refractivity contribution in [1.29, 1.82) is 0 Å². The minimum absolute atomic E-state index is 0.0883. The average molecular weight is 329 g/mol. The van der Waals surface area contributed by atoms with Gasteiger partial charge in [-0.25, -0.2) is 0 Å². The highest BCUT2D eigenvalue weighted by molar-refractivity contribution is 5.93. The monoisotopic (exact) mass is 329 g/mol. The van der Waals surface area contributed by atoms with Crippen LogP contribution in [0.5, 0.6) is 0 Å². The van der Waals surface area contributed by atoms with Gasteiger partial charge < -0.3 is 14.4 Å². The highest BCUT2D eigenvalue weighted by Crippen LogP contribution is 2.36. The number of fused-ring (bicyclic) bond motifs is 1. The van der Waals surface area contributed by atoms with E-state index in [0.29, 0.717) is 13.2 Å². The molecular weight excluding hydrogens is 310 g/mol. The molecule has 0 bridgehead atoms. The van der Waals surface area contributed by atoms with Gasteiger partial charge in [-0.1, -0.05) is 0 Å². The first-order chi connectivity index (χ1) is 11.6. The first kappa shape index (κ1) is 15.3. The zero-order chi connectivity index (χ0) is 16.7. The molecule has 2 aliphatic heterocycles. The Kier molecular flexibility index (Phi) is 3.62. The number of hydrogen-bond acceptors (Lipinski definition) is 6. The number of ether oxygens (including phenoxy) is 2. The Morgan fingerprint density at radius 3 is 2.58 bits per heavy atom. The summed E-state index contributed by atoms with van der Waals surface area (Å²) < 4.78 is 11.6. The van der Waals surface area contributed by atoms with E-state index in [1.54, 1.807) is 12.1 Å². The molecule has 7 heteroatoms. The van der Waals surface area contributed by atoms with Crippen molar-refractivity contribution in [3.63, 3.8) is 0 Å². The van der Waals surface area contributed by atoms with E-state index < -0.39 is 5.79 Å². The van der Waals surface area contributed by atoms with Crippen molar-refractivity contribution in [2.45, 2.75) is 25.6 Å². The molecule has 0 radical (unpaired) electrons. The van der Waals surface area contributed by atoms with Gasteiger partial charge in [-0.05, 0) is 19.1 Å². The van der Waals surface area contributed by atoms with Crippen molar-refractivity contribution in [3.05, 3.63) is 40.1 Å². The molecule has 24 heavy (non-hydrogen) atoms. The first-order valence-corrected chi connectivity index (χ1v) is 8.15. The van der Waals surface area contributed by atoms with E-state index in [-0.39, 0.29) is 10.6 Å². The second kappa shape index (κ2) is 5.68. The molecule has 0 unspecified atom stereocenters. The van der Waals surface area contributed by atoms with Gasteiger partial charge in [0.05, 0.1) is 23.7 Å². The second-order valence-corrected chi connectivity index (χ2v) is 6.34. The van der Waals surface area contributed by atoms with Gasteiger partial charge in [-0.15, -0.1) is 0 Å². The number of nitro benzene ring substituents is 1. The van der Waals surface area contributed by atoms with Crippen LogP contribution in [0.2, 0.25) is 0 Å². The zero-order valence-electron chi connectivity index (χ0n) is 13.5. The lowest BCUT2D eigenvalue weighted by Gasteiger charge is -2.39. The third-order valence-corrected chi connectivity index (χ3v) is 4.79. The summed E-state index contributed by atoms with van der Waals surface area (Å²) in [7, 11) is 0. The molecule has 2 aliphatic rings. The Morgan fingerprint density at radius 2 is 1.92 bits per heavy atom. The Labute approximate surface area is 139 Å². The van der Waals surface area contributed by atoms with Crippen molar-refractivity contribution in [2.75, 3.05) is 31.2 Å². The van der Waals surface area contributed by atoms with Crippen LogP contribution in [0.3, 0.4) is 0 Å². The number of nitro groups is 1. The molecule has 0 atom stereocenters. The third kappa shape index (κ3) is 2.59. The molecule has 3 heterocycles. The van der Waals surface area contributed by atoms with Gasteiger partial charge >= 0.3 is 0 Å². The minimum atomic E-state index is -0.430. The average Bonchev–Trinajstić information content (AvgIpc) is 3.02. The van der Waals surface area contributed by atoms with E-state index in [1.165, 1.54) is 6.07 Å². The maximum Gasteiger partial charge on any atom is 0.270 e. The first-order valence-electron chi connectivity index (χ1n) is 8.15.